The molecule has 0 saturated heterocycles. The highest BCUT2D eigenvalue weighted by Crippen LogP contribution is 2.61. The number of carbonyl (C=O) groups excluding carboxylic acids is 1. The molecule has 676 valence electrons. The molecule has 12 rings (SSSR count). The van der Waals surface area contributed by atoms with Crippen LogP contribution in [0.3, 0.4) is 0 Å². The summed E-state index contributed by atoms with van der Waals surface area (Å²) in [4.78, 5) is 12.5. The van der Waals surface area contributed by atoms with Crippen molar-refractivity contribution in [3.63, 3.8) is 0 Å². The van der Waals surface area contributed by atoms with Crippen LogP contribution in [0, 0.1) is 0 Å². The molecule has 17 nitrogen and oxygen atoms in total. The van der Waals surface area contributed by atoms with Crippen LogP contribution in [0.25, 0.3) is 22.3 Å². The minimum Gasteiger partial charge on any atom is -0.506 e. The maximum Gasteiger partial charge on any atom is 0.200 e. The number of halogens is 37. The van der Waals surface area contributed by atoms with E-state index in [9.17, 15) is 71.2 Å². The molecule has 0 aliphatic heterocycles. The van der Waals surface area contributed by atoms with Crippen molar-refractivity contribution in [2.24, 2.45) is 0 Å². The predicted molar refractivity (Wildman–Crippen MR) is 588 cm³/mol. The van der Waals surface area contributed by atoms with E-state index in [0.29, 0.717) is 98.4 Å². The Hall–Kier alpha value is 2.21. The fourth-order valence-electron chi connectivity index (χ4n) is 9.20. The molecule has 0 radical (unpaired) electrons. The maximum atomic E-state index is 12.5. The topological polar surface area (TPSA) is 308 Å². The number of phenolic OH excluding ortho intramolecular Hbond substituents is 13. The fourth-order valence-corrected chi connectivity index (χ4v) is 25.1. The first-order chi connectivity index (χ1) is 58.7. The van der Waals surface area contributed by atoms with Crippen molar-refractivity contribution in [2.45, 2.75) is 0 Å². The molecular formula is C73H23Br23Cl14O17. The summed E-state index contributed by atoms with van der Waals surface area (Å²) in [6.45, 7) is 0. The first kappa shape index (κ1) is 116. The Morgan fingerprint density at radius 2 is 0.402 bits per heavy atom. The average Bonchev–Trinajstić information content (AvgIpc) is 0.750. The molecule has 12 aromatic carbocycles. The van der Waals surface area contributed by atoms with E-state index < -0.39 is 28.8 Å². The van der Waals surface area contributed by atoms with Crippen molar-refractivity contribution in [3.8, 4) is 131 Å². The van der Waals surface area contributed by atoms with E-state index >= 15 is 0 Å². The number of hydrogen-bond donors (Lipinski definition) is 13. The monoisotopic (exact) mass is 3480 g/mol. The lowest BCUT2D eigenvalue weighted by Crippen LogP contribution is -2.03. The molecule has 0 aliphatic carbocycles. The van der Waals surface area contributed by atoms with E-state index in [1.54, 1.807) is 24.3 Å². The Labute approximate surface area is 979 Å². The zero-order valence-electron chi connectivity index (χ0n) is 58.7. The molecule has 12 aromatic rings. The largest absolute Gasteiger partial charge is 0.506 e. The molecule has 54 heteroatoms. The van der Waals surface area contributed by atoms with Crippen LogP contribution in [-0.4, -0.2) is 72.2 Å². The van der Waals surface area contributed by atoms with Crippen LogP contribution in [0.5, 0.6) is 109 Å². The van der Waals surface area contributed by atoms with Crippen LogP contribution >= 0.6 is 529 Å². The van der Waals surface area contributed by atoms with Gasteiger partial charge in [-0.1, -0.05) is 194 Å². The summed E-state index contributed by atoms with van der Waals surface area (Å²) < 4.78 is 28.9. The molecule has 0 atom stereocenters. The van der Waals surface area contributed by atoms with Gasteiger partial charge in [-0.15, -0.1) is 0 Å². The highest BCUT2D eigenvalue weighted by atomic mass is 79.9. The van der Waals surface area contributed by atoms with Crippen molar-refractivity contribution in [1.82, 2.24) is 0 Å². The van der Waals surface area contributed by atoms with Gasteiger partial charge in [-0.2, -0.15) is 0 Å². The molecule has 0 fully saturated rings. The van der Waals surface area contributed by atoms with Crippen molar-refractivity contribution < 1.29 is 85.4 Å². The maximum absolute atomic E-state index is 12.5. The molecule has 0 unspecified atom stereocenters. The SMILES string of the molecule is O=C(c1cc(Br)cc(Br)c1O)c1cc(Br)cc(Br)c1O.Oc1c(Br)c(Br)c(-c2c(Br)c(Br)c(O)c(Br)c2Br)c(Br)c1Br.Oc1c(Br)cc(Oc2cc(Br)c(Br)c(Br)c2O)c(O)c1Br.Oc1c(Cl)c(Cl)c(-c2c(Cl)c(Cl)c(O)c(Cl)c2Cl)c(Cl)c1Cl.Oc1c(Oc2cc(Br)c(Br)c(Br)c2O)cc(Br)c(Br)c1Br.Oc1c(Oc2cc(Cl)c(Cl)c(Cl)c2O)cc(Cl)c(Cl)c1Cl. The number of phenols is 13. The third kappa shape index (κ3) is 26.4. The zero-order chi connectivity index (χ0) is 96.6. The summed E-state index contributed by atoms with van der Waals surface area (Å²) >= 11 is 159. The molecule has 0 amide bonds. The molecule has 0 saturated carbocycles. The molecule has 127 heavy (non-hydrogen) atoms. The molecule has 13 N–H and O–H groups in total. The first-order valence-electron chi connectivity index (χ1n) is 31.1. The number of ether oxygens (including phenoxy) is 3. The Bertz CT molecular complexity index is 5610. The van der Waals surface area contributed by atoms with E-state index in [2.05, 4.69) is 366 Å². The van der Waals surface area contributed by atoms with Gasteiger partial charge in [-0.05, 0) is 359 Å². The van der Waals surface area contributed by atoms with Crippen LogP contribution in [0.1, 0.15) is 15.9 Å². The molecule has 0 heterocycles. The number of ketones is 1. The predicted octanol–water partition coefficient (Wildman–Crippen LogP) is 42.9. The van der Waals surface area contributed by atoms with E-state index in [1.807, 2.05) is 0 Å². The Balaban J connectivity index is 0.000000209. The summed E-state index contributed by atoms with van der Waals surface area (Å²) in [5, 5.41) is 127. The number of aromatic hydroxyl groups is 13. The Morgan fingerprint density at radius 1 is 0.189 bits per heavy atom. The summed E-state index contributed by atoms with van der Waals surface area (Å²) in [5.74, 6) is -3.03. The lowest BCUT2D eigenvalue weighted by atomic mass is 10.0. The standard InChI is InChI=1S/C13H6Br4O3.C12H2Br8O2.C12H4Br6O3.C12H5Br5O4.C12H2Cl8O2.C12H4Cl6O3/c14-5-1-7(12(19)9(16)3-5)11(18)8-2-6(15)4-10(17)13(8)20;13-3-1(4(14)8(18)11(21)7(3)17)2-5(15)9(19)12(22)10(20)6(2)16;13-3-1-5(11(19)9(17)7(3)15)21-6-2-4(14)8(16)10(18)12(6)20;13-3-1-5(11(19)8(16)7(3)15)21-6-2-4(14)10(18)9(17)12(6)20;13-3-1(4(14)8(18)11(21)7(3)17)2-5(15)9(19)12(22)10(20)6(2)16;13-3-1-5(11(19)9(17)7(3)15)21-6-2-4(14)8(16)10(18)12(6)20/h1-4,19-20H;21-22H;1-2,19-20H;1-2,18-20H;21-22H;1-2,19-20H. The van der Waals surface area contributed by atoms with E-state index in [1.165, 1.54) is 36.4 Å². The van der Waals surface area contributed by atoms with Gasteiger partial charge in [0, 0.05) is 112 Å². The molecular weight excluding hydrogens is 3480 g/mol. The van der Waals surface area contributed by atoms with E-state index in [-0.39, 0.29) is 183 Å². The van der Waals surface area contributed by atoms with Gasteiger partial charge in [0.1, 0.15) is 63.4 Å². The number of rotatable bonds is 10. The van der Waals surface area contributed by atoms with Gasteiger partial charge in [0.2, 0.25) is 5.78 Å². The van der Waals surface area contributed by atoms with Crippen molar-refractivity contribution >= 4 is 535 Å². The van der Waals surface area contributed by atoms with Crippen LogP contribution < -0.4 is 14.2 Å². The molecule has 0 aliphatic rings. The summed E-state index contributed by atoms with van der Waals surface area (Å²) in [6.07, 6.45) is 0. The van der Waals surface area contributed by atoms with Gasteiger partial charge in [-0.3, -0.25) is 4.79 Å². The van der Waals surface area contributed by atoms with Gasteiger partial charge in [0.15, 0.2) is 80.5 Å². The third-order valence-corrected chi connectivity index (χ3v) is 42.9. The number of carbonyl (C=O) groups is 1. The molecule has 0 bridgehead atoms. The Morgan fingerprint density at radius 3 is 0.661 bits per heavy atom. The molecule has 0 aromatic heterocycles. The molecule has 0 spiro atoms. The van der Waals surface area contributed by atoms with Crippen LogP contribution in [0.4, 0.5) is 0 Å². The van der Waals surface area contributed by atoms with E-state index in [0.717, 1.165) is 11.1 Å². The van der Waals surface area contributed by atoms with Crippen LogP contribution in [-0.2, 0) is 0 Å². The average molecular weight is 3510 g/mol. The lowest BCUT2D eigenvalue weighted by molar-refractivity contribution is 0.103. The van der Waals surface area contributed by atoms with Crippen molar-refractivity contribution in [3.05, 3.63) is 245 Å². The van der Waals surface area contributed by atoms with Gasteiger partial charge in [-0.25, -0.2) is 0 Å². The van der Waals surface area contributed by atoms with Crippen LogP contribution in [0.2, 0.25) is 70.3 Å². The quantitative estimate of drug-likeness (QED) is 0.0344. The van der Waals surface area contributed by atoms with Crippen LogP contribution in [0.15, 0.2) is 164 Å². The van der Waals surface area contributed by atoms with E-state index in [4.69, 9.17) is 177 Å². The number of hydrogen-bond acceptors (Lipinski definition) is 17. The summed E-state index contributed by atoms with van der Waals surface area (Å²) in [5.41, 5.74) is 1.77. The van der Waals surface area contributed by atoms with Gasteiger partial charge < -0.3 is 80.6 Å². The highest BCUT2D eigenvalue weighted by molar-refractivity contribution is 9.16. The zero-order valence-corrected chi connectivity index (χ0v) is 106. The van der Waals surface area contributed by atoms with Gasteiger partial charge >= 0.3 is 0 Å². The Kier molecular flexibility index (Phi) is 45.5. The smallest absolute Gasteiger partial charge is 0.200 e. The second-order valence-electron chi connectivity index (χ2n) is 23.2. The number of benzene rings is 12. The van der Waals surface area contributed by atoms with Crippen molar-refractivity contribution in [1.29, 1.82) is 0 Å². The minimum absolute atomic E-state index is 0.0231. The van der Waals surface area contributed by atoms with Gasteiger partial charge in [0.05, 0.1) is 96.0 Å². The normalized spacial score (nSPS) is 10.8. The third-order valence-electron chi connectivity index (χ3n) is 15.3. The van der Waals surface area contributed by atoms with Crippen molar-refractivity contribution in [2.75, 3.05) is 0 Å². The highest BCUT2D eigenvalue weighted by Gasteiger charge is 2.32. The first-order valence-corrected chi connectivity index (χ1v) is 54.6. The summed E-state index contributed by atoms with van der Waals surface area (Å²) in [7, 11) is 0. The fraction of sp³-hybridized carbons (Fsp3) is 0. The second kappa shape index (κ2) is 49.8. The lowest BCUT2D eigenvalue weighted by Gasteiger charge is -2.18. The second-order valence-corrected chi connectivity index (χ2v) is 47.4. The summed E-state index contributed by atoms with van der Waals surface area (Å²) in [6, 6.07) is 14.8. The van der Waals surface area contributed by atoms with Gasteiger partial charge in [0.25, 0.3) is 0 Å². The minimum atomic E-state index is -0.495.